The minimum Gasteiger partial charge on any atom is -0.393 e. The van der Waals surface area contributed by atoms with Crippen LogP contribution in [0.3, 0.4) is 0 Å². The molecule has 0 bridgehead atoms. The van der Waals surface area contributed by atoms with Crippen molar-refractivity contribution in [3.8, 4) is 0 Å². The molecule has 178 valence electrons. The van der Waals surface area contributed by atoms with E-state index in [1.54, 1.807) is 0 Å². The molecule has 0 aliphatic heterocycles. The molecule has 0 heterocycles. The fourth-order valence-electron chi connectivity index (χ4n) is 9.50. The van der Waals surface area contributed by atoms with E-state index >= 15 is 0 Å². The van der Waals surface area contributed by atoms with Crippen LogP contribution in [0.25, 0.3) is 0 Å². The molecule has 1 N–H and O–H groups in total. The van der Waals surface area contributed by atoms with Crippen LogP contribution in [0.5, 0.6) is 0 Å². The normalized spacial score (nSPS) is 50.3. The van der Waals surface area contributed by atoms with Gasteiger partial charge in [-0.05, 0) is 85.4 Å². The van der Waals surface area contributed by atoms with Gasteiger partial charge in [0.1, 0.15) is 0 Å². The van der Waals surface area contributed by atoms with Crippen molar-refractivity contribution in [3.63, 3.8) is 0 Å². The largest absolute Gasteiger partial charge is 0.393 e. The number of hydrogen-bond acceptors (Lipinski definition) is 2. The zero-order chi connectivity index (χ0) is 22.4. The number of unbranched alkanes of at least 4 members (excludes halogenated alkanes) is 1. The van der Waals surface area contributed by atoms with Gasteiger partial charge in [0.15, 0.2) is 0 Å². The second kappa shape index (κ2) is 9.13. The molecule has 0 radical (unpaired) electrons. The first-order chi connectivity index (χ1) is 14.8. The van der Waals surface area contributed by atoms with E-state index in [1.807, 2.05) is 6.08 Å². The van der Waals surface area contributed by atoms with Gasteiger partial charge in [-0.1, -0.05) is 66.4 Å². The monoisotopic (exact) mass is 430 g/mol. The van der Waals surface area contributed by atoms with Crippen LogP contribution < -0.4 is 0 Å². The Balaban J connectivity index is 1.67. The molecule has 0 aromatic carbocycles. The van der Waals surface area contributed by atoms with Crippen LogP contribution in [0, 0.1) is 52.3 Å². The van der Waals surface area contributed by atoms with Gasteiger partial charge in [-0.25, -0.2) is 0 Å². The third-order valence-electron chi connectivity index (χ3n) is 11.2. The van der Waals surface area contributed by atoms with Crippen molar-refractivity contribution in [1.29, 1.82) is 0 Å². The third-order valence-corrected chi connectivity index (χ3v) is 11.2. The molecule has 4 aliphatic rings. The number of aliphatic hydroxyl groups excluding tert-OH is 1. The van der Waals surface area contributed by atoms with Crippen molar-refractivity contribution in [3.05, 3.63) is 12.7 Å². The smallest absolute Gasteiger partial charge is 0.0648 e. The van der Waals surface area contributed by atoms with Crippen molar-refractivity contribution in [2.45, 2.75) is 111 Å². The highest BCUT2D eigenvalue weighted by molar-refractivity contribution is 5.14. The van der Waals surface area contributed by atoms with Crippen LogP contribution in [0.4, 0.5) is 0 Å². The first-order valence-corrected chi connectivity index (χ1v) is 13.7. The van der Waals surface area contributed by atoms with Crippen molar-refractivity contribution >= 4 is 0 Å². The number of rotatable bonds is 7. The lowest BCUT2D eigenvalue weighted by molar-refractivity contribution is -0.213. The Hall–Kier alpha value is -0.340. The van der Waals surface area contributed by atoms with Crippen LogP contribution in [-0.2, 0) is 4.74 Å². The standard InChI is InChI=1S/C29H50O2/c1-7-9-10-20(4)22-11-12-23-27-24(18-26(29(22,23)6)31-15-8-2)28(5)14-13-19(3)16-21(28)17-25(27)30/h8,19-27,30H,2,7,9-18H2,1,3-6H3/t19-,20+,21+,22-,23+,24+,25-,26+,27+,28+,29-/m1/s1. The summed E-state index contributed by atoms with van der Waals surface area (Å²) in [6.07, 6.45) is 15.0. The SMILES string of the molecule is C=CCO[C@H]1C[C@H]2[C@@H]([C@H](O)C[C@@H]3C[C@H](C)CC[C@@]32C)[C@@H]2CC[C@H]([C@@H](C)CCCC)[C@@]12C. The summed E-state index contributed by atoms with van der Waals surface area (Å²) in [5.41, 5.74) is 0.586. The molecule has 0 aromatic rings. The molecule has 4 saturated carbocycles. The second-order valence-corrected chi connectivity index (χ2v) is 12.7. The van der Waals surface area contributed by atoms with Gasteiger partial charge in [0.2, 0.25) is 0 Å². The zero-order valence-electron chi connectivity index (χ0n) is 21.1. The highest BCUT2D eigenvalue weighted by atomic mass is 16.5. The maximum Gasteiger partial charge on any atom is 0.0648 e. The number of aliphatic hydroxyl groups is 1. The summed E-state index contributed by atoms with van der Waals surface area (Å²) in [5, 5.41) is 11.6. The van der Waals surface area contributed by atoms with Crippen LogP contribution in [0.15, 0.2) is 12.7 Å². The molecule has 0 aromatic heterocycles. The Kier molecular flexibility index (Phi) is 7.01. The van der Waals surface area contributed by atoms with Crippen LogP contribution >= 0.6 is 0 Å². The van der Waals surface area contributed by atoms with Gasteiger partial charge in [0, 0.05) is 5.41 Å². The van der Waals surface area contributed by atoms with Crippen LogP contribution in [-0.4, -0.2) is 23.9 Å². The topological polar surface area (TPSA) is 29.5 Å². The van der Waals surface area contributed by atoms with Crippen LogP contribution in [0.1, 0.15) is 98.8 Å². The fraction of sp³-hybridized carbons (Fsp3) is 0.931. The molecular weight excluding hydrogens is 380 g/mol. The van der Waals surface area contributed by atoms with Crippen molar-refractivity contribution in [2.75, 3.05) is 6.61 Å². The highest BCUT2D eigenvalue weighted by Gasteiger charge is 2.66. The highest BCUT2D eigenvalue weighted by Crippen LogP contribution is 2.69. The summed E-state index contributed by atoms with van der Waals surface area (Å²) in [7, 11) is 0. The molecule has 11 atom stereocenters. The number of hydrogen-bond donors (Lipinski definition) is 1. The zero-order valence-corrected chi connectivity index (χ0v) is 21.1. The van der Waals surface area contributed by atoms with Gasteiger partial charge in [-0.15, -0.1) is 6.58 Å². The lowest BCUT2D eigenvalue weighted by atomic mass is 9.42. The lowest BCUT2D eigenvalue weighted by Gasteiger charge is -2.64. The number of fused-ring (bicyclic) bond motifs is 5. The van der Waals surface area contributed by atoms with Gasteiger partial charge < -0.3 is 9.84 Å². The predicted molar refractivity (Wildman–Crippen MR) is 130 cm³/mol. The quantitative estimate of drug-likeness (QED) is 0.431. The molecule has 4 aliphatic carbocycles. The molecule has 0 unspecified atom stereocenters. The Morgan fingerprint density at radius 3 is 2.61 bits per heavy atom. The van der Waals surface area contributed by atoms with Gasteiger partial charge in [0.05, 0.1) is 18.8 Å². The van der Waals surface area contributed by atoms with E-state index in [2.05, 4.69) is 41.2 Å². The summed E-state index contributed by atoms with van der Waals surface area (Å²) in [4.78, 5) is 0. The Labute approximate surface area is 192 Å². The molecule has 2 nitrogen and oxygen atoms in total. The molecule has 4 rings (SSSR count). The van der Waals surface area contributed by atoms with E-state index in [-0.39, 0.29) is 11.5 Å². The summed E-state index contributed by atoms with van der Waals surface area (Å²) in [6, 6.07) is 0. The van der Waals surface area contributed by atoms with Gasteiger partial charge >= 0.3 is 0 Å². The molecular formula is C29H50O2. The first-order valence-electron chi connectivity index (χ1n) is 13.7. The summed E-state index contributed by atoms with van der Waals surface area (Å²) in [5.74, 6) is 4.70. The van der Waals surface area contributed by atoms with Crippen molar-refractivity contribution in [1.82, 2.24) is 0 Å². The van der Waals surface area contributed by atoms with Gasteiger partial charge in [-0.3, -0.25) is 0 Å². The number of ether oxygens (including phenoxy) is 1. The summed E-state index contributed by atoms with van der Waals surface area (Å²) < 4.78 is 6.66. The molecule has 0 spiro atoms. The first kappa shape index (κ1) is 23.8. The predicted octanol–water partition coefficient (Wildman–Crippen LogP) is 7.26. The van der Waals surface area contributed by atoms with E-state index in [4.69, 9.17) is 4.74 Å². The van der Waals surface area contributed by atoms with E-state index in [9.17, 15) is 5.11 Å². The van der Waals surface area contributed by atoms with E-state index in [0.29, 0.717) is 41.8 Å². The molecule has 0 amide bonds. The minimum absolute atomic E-state index is 0.109. The Morgan fingerprint density at radius 2 is 1.90 bits per heavy atom. The maximum absolute atomic E-state index is 11.6. The molecule has 0 saturated heterocycles. The summed E-state index contributed by atoms with van der Waals surface area (Å²) in [6.45, 7) is 17.0. The molecule has 2 heteroatoms. The van der Waals surface area contributed by atoms with Crippen molar-refractivity contribution in [2.24, 2.45) is 52.3 Å². The Bertz CT molecular complexity index is 630. The van der Waals surface area contributed by atoms with E-state index in [0.717, 1.165) is 30.6 Å². The maximum atomic E-state index is 11.6. The summed E-state index contributed by atoms with van der Waals surface area (Å²) >= 11 is 0. The van der Waals surface area contributed by atoms with Crippen LogP contribution in [0.2, 0.25) is 0 Å². The van der Waals surface area contributed by atoms with Crippen molar-refractivity contribution < 1.29 is 9.84 Å². The van der Waals surface area contributed by atoms with Gasteiger partial charge in [0.25, 0.3) is 0 Å². The van der Waals surface area contributed by atoms with E-state index < -0.39 is 0 Å². The molecule has 31 heavy (non-hydrogen) atoms. The average Bonchev–Trinajstić information content (AvgIpc) is 3.09. The fourth-order valence-corrected chi connectivity index (χ4v) is 9.50. The van der Waals surface area contributed by atoms with E-state index in [1.165, 1.54) is 51.4 Å². The minimum atomic E-state index is -0.109. The van der Waals surface area contributed by atoms with Gasteiger partial charge in [-0.2, -0.15) is 0 Å². The second-order valence-electron chi connectivity index (χ2n) is 12.7. The Morgan fingerprint density at radius 1 is 1.13 bits per heavy atom. The third kappa shape index (κ3) is 3.86. The average molecular weight is 431 g/mol. The lowest BCUT2D eigenvalue weighted by Crippen LogP contribution is -2.62. The molecule has 4 fully saturated rings.